The van der Waals surface area contributed by atoms with Crippen LogP contribution in [0.4, 0.5) is 0 Å². The van der Waals surface area contributed by atoms with E-state index in [2.05, 4.69) is 54.0 Å². The van der Waals surface area contributed by atoms with Gasteiger partial charge in [-0.25, -0.2) is 0 Å². The first-order valence-electron chi connectivity index (χ1n) is 12.0. The van der Waals surface area contributed by atoms with Gasteiger partial charge in [0.25, 0.3) is 0 Å². The molecule has 0 radical (unpaired) electrons. The van der Waals surface area contributed by atoms with Gasteiger partial charge in [0.15, 0.2) is 0 Å². The maximum Gasteiger partial charge on any atom is 0.115 e. The second-order valence-electron chi connectivity index (χ2n) is 8.92. The van der Waals surface area contributed by atoms with E-state index >= 15 is 0 Å². The number of para-hydroxylation sites is 1. The van der Waals surface area contributed by atoms with Crippen molar-refractivity contribution in [2.45, 2.75) is 18.9 Å². The van der Waals surface area contributed by atoms with Gasteiger partial charge >= 0.3 is 0 Å². The van der Waals surface area contributed by atoms with Gasteiger partial charge in [-0.3, -0.25) is 10.4 Å². The molecule has 6 nitrogen and oxygen atoms in total. The fourth-order valence-electron chi connectivity index (χ4n) is 5.14. The maximum atomic E-state index is 10.3. The van der Waals surface area contributed by atoms with Crippen LogP contribution in [0.25, 0.3) is 27.9 Å². The van der Waals surface area contributed by atoms with Crippen LogP contribution in [0.3, 0.4) is 0 Å². The molecule has 4 N–H and O–H groups in total. The molecule has 0 saturated carbocycles. The molecule has 0 fully saturated rings. The molecule has 0 spiro atoms. The Morgan fingerprint density at radius 2 is 1.56 bits per heavy atom. The monoisotopic (exact) mass is 479 g/mol. The molecule has 4 aromatic carbocycles. The van der Waals surface area contributed by atoms with Crippen LogP contribution in [0.15, 0.2) is 103 Å². The lowest BCUT2D eigenvalue weighted by Crippen LogP contribution is -2.44. The summed E-state index contributed by atoms with van der Waals surface area (Å²) in [6, 6.07) is 31.5. The summed E-state index contributed by atoms with van der Waals surface area (Å²) < 4.78 is 2.32. The number of aryl methyl sites for hydroxylation is 1. The standard InChI is InChI=1S/C30H29N3O3/c1-2-32-28-14-7-6-13-26(28)27-19-22(15-16-29(27)32)17-18-30(21-33(36)31-35,23-9-4-3-5-10-23)24-11-8-12-25(34)20-24/h3-20,31,34-36H,2,21H2,1H3. The average Bonchev–Trinajstić information content (AvgIpc) is 3.24. The largest absolute Gasteiger partial charge is 0.508 e. The zero-order valence-electron chi connectivity index (χ0n) is 20.0. The molecule has 1 unspecified atom stereocenters. The van der Waals surface area contributed by atoms with E-state index in [0.717, 1.165) is 23.2 Å². The summed E-state index contributed by atoms with van der Waals surface area (Å²) in [5, 5.41) is 33.1. The molecule has 5 rings (SSSR count). The quantitative estimate of drug-likeness (QED) is 0.202. The van der Waals surface area contributed by atoms with Crippen LogP contribution in [0, 0.1) is 0 Å². The second-order valence-corrected chi connectivity index (χ2v) is 8.92. The number of fused-ring (bicyclic) bond motifs is 3. The number of aromatic nitrogens is 1. The highest BCUT2D eigenvalue weighted by Gasteiger charge is 2.34. The van der Waals surface area contributed by atoms with Crippen LogP contribution in [-0.2, 0) is 12.0 Å². The van der Waals surface area contributed by atoms with Crippen LogP contribution in [0.1, 0.15) is 23.6 Å². The van der Waals surface area contributed by atoms with E-state index in [1.165, 1.54) is 21.8 Å². The molecule has 0 amide bonds. The molecule has 0 bridgehead atoms. The molecule has 5 aromatic rings. The summed E-state index contributed by atoms with van der Waals surface area (Å²) in [6.45, 7) is 3.03. The van der Waals surface area contributed by atoms with Gasteiger partial charge in [-0.15, -0.1) is 10.8 Å². The van der Waals surface area contributed by atoms with E-state index in [4.69, 9.17) is 0 Å². The minimum Gasteiger partial charge on any atom is -0.508 e. The molecule has 36 heavy (non-hydrogen) atoms. The first kappa shape index (κ1) is 23.8. The van der Waals surface area contributed by atoms with Crippen LogP contribution < -0.4 is 5.59 Å². The summed E-state index contributed by atoms with van der Waals surface area (Å²) in [5.41, 5.74) is 5.98. The number of benzene rings is 4. The predicted molar refractivity (Wildman–Crippen MR) is 143 cm³/mol. The van der Waals surface area contributed by atoms with Gasteiger partial charge in [-0.2, -0.15) is 0 Å². The average molecular weight is 480 g/mol. The van der Waals surface area contributed by atoms with E-state index < -0.39 is 5.41 Å². The second kappa shape index (κ2) is 9.97. The number of hydrogen-bond acceptors (Lipinski definition) is 5. The normalized spacial score (nSPS) is 13.7. The number of hydrogen-bond donors (Lipinski definition) is 4. The molecular formula is C30H29N3O3. The fourth-order valence-corrected chi connectivity index (χ4v) is 5.14. The molecule has 1 aromatic heterocycles. The van der Waals surface area contributed by atoms with E-state index in [9.17, 15) is 15.5 Å². The minimum absolute atomic E-state index is 0.00907. The van der Waals surface area contributed by atoms with Gasteiger partial charge in [0.1, 0.15) is 5.75 Å². The van der Waals surface area contributed by atoms with Crippen molar-refractivity contribution < 1.29 is 15.5 Å². The van der Waals surface area contributed by atoms with E-state index in [-0.39, 0.29) is 12.3 Å². The zero-order chi connectivity index (χ0) is 25.1. The van der Waals surface area contributed by atoms with E-state index in [0.29, 0.717) is 5.17 Å². The number of nitrogens with zero attached hydrogens (tertiary/aromatic N) is 2. The number of hydroxylamine groups is 1. The molecule has 6 heteroatoms. The summed E-state index contributed by atoms with van der Waals surface area (Å²) in [6.07, 6.45) is 4.04. The third-order valence-electron chi connectivity index (χ3n) is 6.84. The number of rotatable bonds is 8. The number of nitrogens with one attached hydrogen (secondary N) is 1. The van der Waals surface area contributed by atoms with Crippen molar-refractivity contribution in [1.29, 1.82) is 0 Å². The van der Waals surface area contributed by atoms with E-state index in [1.807, 2.05) is 54.1 Å². The van der Waals surface area contributed by atoms with E-state index in [1.54, 1.807) is 18.2 Å². The predicted octanol–water partition coefficient (Wildman–Crippen LogP) is 6.10. The van der Waals surface area contributed by atoms with Crippen molar-refractivity contribution >= 4 is 27.9 Å². The number of aromatic hydroxyl groups is 1. The summed E-state index contributed by atoms with van der Waals surface area (Å²) in [4.78, 5) is 0. The lowest BCUT2D eigenvalue weighted by atomic mass is 9.73. The van der Waals surface area contributed by atoms with Crippen LogP contribution in [-0.4, -0.2) is 31.8 Å². The first-order chi connectivity index (χ1) is 17.6. The Balaban J connectivity index is 1.69. The highest BCUT2D eigenvalue weighted by Crippen LogP contribution is 2.37. The highest BCUT2D eigenvalue weighted by molar-refractivity contribution is 6.08. The van der Waals surface area contributed by atoms with Crippen LogP contribution in [0.2, 0.25) is 0 Å². The third-order valence-corrected chi connectivity index (χ3v) is 6.84. The smallest absolute Gasteiger partial charge is 0.115 e. The maximum absolute atomic E-state index is 10.3. The Morgan fingerprint density at radius 1 is 0.833 bits per heavy atom. The molecular weight excluding hydrogens is 450 g/mol. The molecule has 0 saturated heterocycles. The molecule has 1 heterocycles. The van der Waals surface area contributed by atoms with Crippen molar-refractivity contribution in [3.05, 3.63) is 120 Å². The number of hydrazine groups is 1. The van der Waals surface area contributed by atoms with Crippen molar-refractivity contribution in [1.82, 2.24) is 15.3 Å². The van der Waals surface area contributed by atoms with Gasteiger partial charge in [-0.1, -0.05) is 78.9 Å². The van der Waals surface area contributed by atoms with Crippen molar-refractivity contribution in [2.24, 2.45) is 0 Å². The molecule has 182 valence electrons. The Morgan fingerprint density at radius 3 is 2.31 bits per heavy atom. The zero-order valence-corrected chi connectivity index (χ0v) is 20.0. The molecule has 0 aliphatic rings. The Hall–Kier alpha value is -3.94. The number of phenolic OH excluding ortho intramolecular Hbond substituents is 1. The first-order valence-corrected chi connectivity index (χ1v) is 12.0. The molecule has 0 aliphatic heterocycles. The lowest BCUT2D eigenvalue weighted by molar-refractivity contribution is -0.220. The van der Waals surface area contributed by atoms with Crippen molar-refractivity contribution in [3.63, 3.8) is 0 Å². The summed E-state index contributed by atoms with van der Waals surface area (Å²) in [7, 11) is 0. The van der Waals surface area contributed by atoms with Gasteiger partial charge in [-0.05, 0) is 53.9 Å². The van der Waals surface area contributed by atoms with Gasteiger partial charge in [0, 0.05) is 28.4 Å². The lowest BCUT2D eigenvalue weighted by Gasteiger charge is -2.34. The highest BCUT2D eigenvalue weighted by atomic mass is 16.7. The summed E-state index contributed by atoms with van der Waals surface area (Å²) in [5.74, 6) is 0.122. The van der Waals surface area contributed by atoms with Crippen LogP contribution >= 0.6 is 0 Å². The van der Waals surface area contributed by atoms with Crippen molar-refractivity contribution in [2.75, 3.05) is 6.54 Å². The molecule has 1 atom stereocenters. The Labute approximate surface area is 209 Å². The van der Waals surface area contributed by atoms with Gasteiger partial charge in [0.05, 0.1) is 12.0 Å². The van der Waals surface area contributed by atoms with Gasteiger partial charge in [0.2, 0.25) is 0 Å². The molecule has 0 aliphatic carbocycles. The Bertz CT molecular complexity index is 1530. The van der Waals surface area contributed by atoms with Crippen molar-refractivity contribution in [3.8, 4) is 5.75 Å². The number of phenols is 1. The minimum atomic E-state index is -0.892. The Kier molecular flexibility index (Phi) is 6.59. The summed E-state index contributed by atoms with van der Waals surface area (Å²) >= 11 is 0. The topological polar surface area (TPSA) is 80.9 Å². The SMILES string of the molecule is CCn1c2ccccc2c2cc(C=CC(CN(O)NO)(c3ccccc3)c3cccc(O)c3)ccc21. The van der Waals surface area contributed by atoms with Crippen LogP contribution in [0.5, 0.6) is 5.75 Å². The third kappa shape index (κ3) is 4.27. The fraction of sp³-hybridized carbons (Fsp3) is 0.133. The van der Waals surface area contributed by atoms with Gasteiger partial charge < -0.3 is 9.67 Å².